The van der Waals surface area contributed by atoms with Gasteiger partial charge in [-0.3, -0.25) is 0 Å². The summed E-state index contributed by atoms with van der Waals surface area (Å²) < 4.78 is 0. The minimum atomic E-state index is 0.738. The minimum Gasteiger partial charge on any atom is -0.314 e. The van der Waals surface area contributed by atoms with E-state index >= 15 is 0 Å². The summed E-state index contributed by atoms with van der Waals surface area (Å²) in [6.07, 6.45) is 4.12. The van der Waals surface area contributed by atoms with E-state index < -0.39 is 0 Å². The zero-order valence-electron chi connectivity index (χ0n) is 8.06. The summed E-state index contributed by atoms with van der Waals surface area (Å²) >= 11 is 0. The lowest BCUT2D eigenvalue weighted by Crippen LogP contribution is -2.27. The number of hydrogen-bond acceptors (Lipinski definition) is 1. The van der Waals surface area contributed by atoms with E-state index in [2.05, 4.69) is 26.1 Å². The molecule has 0 spiro atoms. The summed E-state index contributed by atoms with van der Waals surface area (Å²) in [6, 6.07) is 0.738. The Labute approximate surface area is 70.6 Å². The third kappa shape index (κ3) is 2.82. The van der Waals surface area contributed by atoms with Crippen LogP contribution in [0.2, 0.25) is 0 Å². The quantitative estimate of drug-likeness (QED) is 0.613. The molecular formula is C10H21N. The van der Waals surface area contributed by atoms with Gasteiger partial charge in [0.2, 0.25) is 0 Å². The van der Waals surface area contributed by atoms with E-state index in [-0.39, 0.29) is 0 Å². The summed E-state index contributed by atoms with van der Waals surface area (Å²) in [4.78, 5) is 0. The van der Waals surface area contributed by atoms with Crippen molar-refractivity contribution in [1.29, 1.82) is 0 Å². The lowest BCUT2D eigenvalue weighted by atomic mass is 9.92. The predicted octanol–water partition coefficient (Wildman–Crippen LogP) is 2.42. The van der Waals surface area contributed by atoms with E-state index in [1.54, 1.807) is 0 Å². The van der Waals surface area contributed by atoms with Gasteiger partial charge in [0.05, 0.1) is 0 Å². The molecular weight excluding hydrogens is 134 g/mol. The van der Waals surface area contributed by atoms with Crippen molar-refractivity contribution in [2.24, 2.45) is 11.8 Å². The maximum Gasteiger partial charge on any atom is 0.00413 e. The fourth-order valence-electron chi connectivity index (χ4n) is 2.11. The first kappa shape index (κ1) is 9.05. The maximum atomic E-state index is 3.58. The molecule has 0 aromatic carbocycles. The fraction of sp³-hybridized carbons (Fsp3) is 1.00. The molecule has 0 aliphatic carbocycles. The van der Waals surface area contributed by atoms with E-state index in [0.717, 1.165) is 17.9 Å². The molecule has 0 aromatic rings. The molecule has 1 aliphatic heterocycles. The molecule has 66 valence electrons. The third-order valence-electron chi connectivity index (χ3n) is 2.82. The number of nitrogens with one attached hydrogen (secondary N) is 1. The smallest absolute Gasteiger partial charge is 0.00413 e. The molecule has 1 aliphatic rings. The second-order valence-corrected chi connectivity index (χ2v) is 4.16. The van der Waals surface area contributed by atoms with Crippen molar-refractivity contribution in [3.05, 3.63) is 0 Å². The first-order valence-electron chi connectivity index (χ1n) is 4.95. The summed E-state index contributed by atoms with van der Waals surface area (Å²) in [5.41, 5.74) is 0. The summed E-state index contributed by atoms with van der Waals surface area (Å²) in [5.74, 6) is 1.85. The Bertz CT molecular complexity index is 111. The minimum absolute atomic E-state index is 0.738. The monoisotopic (exact) mass is 155 g/mol. The van der Waals surface area contributed by atoms with Crippen LogP contribution >= 0.6 is 0 Å². The lowest BCUT2D eigenvalue weighted by Gasteiger charge is -2.13. The molecule has 3 unspecified atom stereocenters. The molecule has 0 radical (unpaired) electrons. The largest absolute Gasteiger partial charge is 0.314 e. The first-order chi connectivity index (χ1) is 5.22. The Kier molecular flexibility index (Phi) is 3.38. The number of hydrogen-bond donors (Lipinski definition) is 1. The van der Waals surface area contributed by atoms with Crippen LogP contribution in [0.4, 0.5) is 0 Å². The van der Waals surface area contributed by atoms with E-state index in [1.807, 2.05) is 0 Å². The standard InChI is InChI=1S/C10H21N/c1-4-10-6-8(2)5-9(3)11-7-10/h8-11H,4-7H2,1-3H3. The highest BCUT2D eigenvalue weighted by Gasteiger charge is 2.18. The Morgan fingerprint density at radius 1 is 1.27 bits per heavy atom. The molecule has 1 N–H and O–H groups in total. The van der Waals surface area contributed by atoms with Crippen LogP contribution < -0.4 is 5.32 Å². The van der Waals surface area contributed by atoms with Gasteiger partial charge in [0.25, 0.3) is 0 Å². The van der Waals surface area contributed by atoms with Crippen molar-refractivity contribution in [2.75, 3.05) is 6.54 Å². The molecule has 0 amide bonds. The van der Waals surface area contributed by atoms with Gasteiger partial charge in [0.1, 0.15) is 0 Å². The van der Waals surface area contributed by atoms with Crippen LogP contribution in [0.25, 0.3) is 0 Å². The average Bonchev–Trinajstić information content (AvgIpc) is 2.11. The van der Waals surface area contributed by atoms with Crippen LogP contribution in [0, 0.1) is 11.8 Å². The van der Waals surface area contributed by atoms with Crippen molar-refractivity contribution in [2.45, 2.75) is 46.1 Å². The third-order valence-corrected chi connectivity index (χ3v) is 2.82. The van der Waals surface area contributed by atoms with E-state index in [9.17, 15) is 0 Å². The van der Waals surface area contributed by atoms with Gasteiger partial charge >= 0.3 is 0 Å². The molecule has 1 fully saturated rings. The Balaban J connectivity index is 2.39. The summed E-state index contributed by atoms with van der Waals surface area (Å²) in [7, 11) is 0. The van der Waals surface area contributed by atoms with Gasteiger partial charge in [0.15, 0.2) is 0 Å². The van der Waals surface area contributed by atoms with Gasteiger partial charge in [-0.05, 0) is 38.1 Å². The van der Waals surface area contributed by atoms with Gasteiger partial charge in [-0.25, -0.2) is 0 Å². The summed E-state index contributed by atoms with van der Waals surface area (Å²) in [6.45, 7) is 8.22. The van der Waals surface area contributed by atoms with E-state index in [4.69, 9.17) is 0 Å². The molecule has 1 heteroatoms. The van der Waals surface area contributed by atoms with Gasteiger partial charge in [0, 0.05) is 6.04 Å². The molecule has 1 nitrogen and oxygen atoms in total. The highest BCUT2D eigenvalue weighted by Crippen LogP contribution is 2.22. The van der Waals surface area contributed by atoms with Crippen LogP contribution in [-0.4, -0.2) is 12.6 Å². The molecule has 1 rings (SSSR count). The Morgan fingerprint density at radius 2 is 2.00 bits per heavy atom. The van der Waals surface area contributed by atoms with Gasteiger partial charge in [-0.2, -0.15) is 0 Å². The molecule has 0 aromatic heterocycles. The zero-order valence-corrected chi connectivity index (χ0v) is 8.06. The first-order valence-corrected chi connectivity index (χ1v) is 4.95. The fourth-order valence-corrected chi connectivity index (χ4v) is 2.11. The van der Waals surface area contributed by atoms with Crippen molar-refractivity contribution in [1.82, 2.24) is 5.32 Å². The summed E-state index contributed by atoms with van der Waals surface area (Å²) in [5, 5.41) is 3.58. The van der Waals surface area contributed by atoms with Gasteiger partial charge in [-0.15, -0.1) is 0 Å². The number of rotatable bonds is 1. The highest BCUT2D eigenvalue weighted by atomic mass is 14.9. The molecule has 11 heavy (non-hydrogen) atoms. The Morgan fingerprint density at radius 3 is 2.64 bits per heavy atom. The van der Waals surface area contributed by atoms with Crippen LogP contribution in [0.1, 0.15) is 40.0 Å². The normalized spacial score (nSPS) is 40.1. The van der Waals surface area contributed by atoms with Crippen LogP contribution in [0.5, 0.6) is 0 Å². The predicted molar refractivity (Wildman–Crippen MR) is 49.6 cm³/mol. The van der Waals surface area contributed by atoms with Gasteiger partial charge < -0.3 is 5.32 Å². The van der Waals surface area contributed by atoms with Crippen molar-refractivity contribution in [3.8, 4) is 0 Å². The second-order valence-electron chi connectivity index (χ2n) is 4.16. The van der Waals surface area contributed by atoms with Crippen LogP contribution in [0.15, 0.2) is 0 Å². The molecule has 3 atom stereocenters. The van der Waals surface area contributed by atoms with Crippen LogP contribution in [0.3, 0.4) is 0 Å². The topological polar surface area (TPSA) is 12.0 Å². The lowest BCUT2D eigenvalue weighted by molar-refractivity contribution is 0.401. The second kappa shape index (κ2) is 4.10. The SMILES string of the molecule is CCC1CNC(C)CC(C)C1. The molecule has 1 heterocycles. The van der Waals surface area contributed by atoms with Crippen molar-refractivity contribution in [3.63, 3.8) is 0 Å². The zero-order chi connectivity index (χ0) is 8.27. The average molecular weight is 155 g/mol. The highest BCUT2D eigenvalue weighted by molar-refractivity contribution is 4.75. The Hall–Kier alpha value is -0.0400. The molecule has 1 saturated heterocycles. The maximum absolute atomic E-state index is 3.58. The van der Waals surface area contributed by atoms with Crippen molar-refractivity contribution < 1.29 is 0 Å². The molecule has 0 bridgehead atoms. The molecule has 0 saturated carbocycles. The van der Waals surface area contributed by atoms with Crippen LogP contribution in [-0.2, 0) is 0 Å². The van der Waals surface area contributed by atoms with E-state index in [1.165, 1.54) is 25.8 Å². The van der Waals surface area contributed by atoms with Crippen molar-refractivity contribution >= 4 is 0 Å². The van der Waals surface area contributed by atoms with Gasteiger partial charge in [-0.1, -0.05) is 20.3 Å². The van der Waals surface area contributed by atoms with E-state index in [0.29, 0.717) is 0 Å².